The monoisotopic (exact) mass is 312 g/mol. The van der Waals surface area contributed by atoms with Crippen molar-refractivity contribution in [3.8, 4) is 5.75 Å². The number of nitrogens with two attached hydrogens (primary N) is 1. The maximum Gasteiger partial charge on any atom is 0.183 e. The molecule has 0 unspecified atom stereocenters. The van der Waals surface area contributed by atoms with Crippen LogP contribution in [0.25, 0.3) is 21.9 Å². The van der Waals surface area contributed by atoms with Crippen LogP contribution in [0.3, 0.4) is 0 Å². The number of anilines is 1. The molecule has 0 amide bonds. The number of nitrogens with zero attached hydrogens (tertiary/aromatic N) is 3. The van der Waals surface area contributed by atoms with Gasteiger partial charge in [0.2, 0.25) is 0 Å². The van der Waals surface area contributed by atoms with Crippen molar-refractivity contribution >= 4 is 27.6 Å². The third-order valence-electron chi connectivity index (χ3n) is 4.67. The maximum absolute atomic E-state index is 5.49. The van der Waals surface area contributed by atoms with Crippen LogP contribution in [0.2, 0.25) is 0 Å². The number of aryl methyl sites for hydroxylation is 2. The molecule has 0 aliphatic carbocycles. The van der Waals surface area contributed by atoms with Gasteiger partial charge in [0.05, 0.1) is 49.9 Å². The average molecular weight is 312 g/mol. The van der Waals surface area contributed by atoms with Crippen molar-refractivity contribution in [1.29, 1.82) is 0 Å². The van der Waals surface area contributed by atoms with Gasteiger partial charge in [-0.15, -0.1) is 0 Å². The van der Waals surface area contributed by atoms with E-state index < -0.39 is 0 Å². The highest BCUT2D eigenvalue weighted by molar-refractivity contribution is 6.09. The first kappa shape index (κ1) is 14.3. The Hall–Kier alpha value is -2.34. The van der Waals surface area contributed by atoms with Crippen molar-refractivity contribution in [3.63, 3.8) is 0 Å². The number of hydrogen-bond donors (Lipinski definition) is 2. The average Bonchev–Trinajstić information content (AvgIpc) is 2.95. The predicted octanol–water partition coefficient (Wildman–Crippen LogP) is 1.12. The molecule has 6 heteroatoms. The first-order valence-corrected chi connectivity index (χ1v) is 8.08. The highest BCUT2D eigenvalue weighted by atomic mass is 16.5. The van der Waals surface area contributed by atoms with Crippen LogP contribution in [0.5, 0.6) is 5.75 Å². The predicted molar refractivity (Wildman–Crippen MR) is 91.3 cm³/mol. The summed E-state index contributed by atoms with van der Waals surface area (Å²) in [5, 5.41) is 12.2. The van der Waals surface area contributed by atoms with Crippen LogP contribution in [0.1, 0.15) is 11.3 Å². The van der Waals surface area contributed by atoms with E-state index in [1.54, 1.807) is 7.11 Å². The molecule has 6 nitrogen and oxygen atoms in total. The minimum absolute atomic E-state index is 0.799. The van der Waals surface area contributed by atoms with Gasteiger partial charge in [-0.05, 0) is 31.5 Å². The van der Waals surface area contributed by atoms with Gasteiger partial charge in [-0.2, -0.15) is 5.10 Å². The first-order chi connectivity index (χ1) is 11.2. The molecule has 0 saturated carbocycles. The molecule has 0 spiro atoms. The fraction of sp³-hybridized carbons (Fsp3) is 0.412. The van der Waals surface area contributed by atoms with E-state index in [0.29, 0.717) is 0 Å². The Bertz CT molecular complexity index is 880. The van der Waals surface area contributed by atoms with Gasteiger partial charge in [-0.25, -0.2) is 4.98 Å². The lowest BCUT2D eigenvalue weighted by Gasteiger charge is -2.29. The third-order valence-corrected chi connectivity index (χ3v) is 4.67. The second-order valence-electron chi connectivity index (χ2n) is 6.20. The van der Waals surface area contributed by atoms with E-state index in [-0.39, 0.29) is 0 Å². The van der Waals surface area contributed by atoms with E-state index >= 15 is 0 Å². The van der Waals surface area contributed by atoms with E-state index in [0.717, 1.165) is 65.1 Å². The number of ether oxygens (including phenoxy) is 1. The Balaban J connectivity index is 2.10. The van der Waals surface area contributed by atoms with E-state index in [2.05, 4.69) is 40.3 Å². The fourth-order valence-electron chi connectivity index (χ4n) is 3.52. The Labute approximate surface area is 134 Å². The van der Waals surface area contributed by atoms with Gasteiger partial charge >= 0.3 is 0 Å². The molecule has 1 aliphatic heterocycles. The van der Waals surface area contributed by atoms with Crippen LogP contribution in [-0.2, 0) is 0 Å². The second-order valence-corrected chi connectivity index (χ2v) is 6.20. The Kier molecular flexibility index (Phi) is 3.34. The van der Waals surface area contributed by atoms with Gasteiger partial charge in [-0.1, -0.05) is 0 Å². The number of methoxy groups -OCH3 is 1. The molecule has 3 heterocycles. The number of aromatic nitrogens is 3. The summed E-state index contributed by atoms with van der Waals surface area (Å²) in [5.74, 6) is 0.877. The minimum Gasteiger partial charge on any atom is -0.497 e. The highest BCUT2D eigenvalue weighted by Crippen LogP contribution is 2.37. The van der Waals surface area contributed by atoms with Crippen molar-refractivity contribution in [2.45, 2.75) is 13.8 Å². The standard InChI is InChI=1S/C17H21N5O/c1-10-8-12(23-3)9-13-15(10)19-17-14(11(2)20-21-17)16(13)22-6-4-18-5-7-22/h8-9,18H,4-7H2,1-3H3,(H,19,20,21)/p+1. The number of piperazine rings is 1. The van der Waals surface area contributed by atoms with Crippen molar-refractivity contribution in [3.05, 3.63) is 23.4 Å². The summed E-state index contributed by atoms with van der Waals surface area (Å²) < 4.78 is 5.49. The number of hydrogen-bond acceptors (Lipinski definition) is 4. The molecular formula is C17H22N5O+. The van der Waals surface area contributed by atoms with Crippen molar-refractivity contribution < 1.29 is 10.1 Å². The maximum atomic E-state index is 5.49. The van der Waals surface area contributed by atoms with E-state index in [1.165, 1.54) is 5.69 Å². The van der Waals surface area contributed by atoms with Gasteiger partial charge < -0.3 is 15.0 Å². The van der Waals surface area contributed by atoms with Gasteiger partial charge in [0.15, 0.2) is 5.65 Å². The Morgan fingerprint density at radius 2 is 2.00 bits per heavy atom. The third kappa shape index (κ3) is 2.21. The number of fused-ring (bicyclic) bond motifs is 2. The molecule has 1 fully saturated rings. The minimum atomic E-state index is 0.799. The SMILES string of the molecule is COc1cc(C)c2nc3n[nH]c(C)c3c(N3CC[NH2+]CC3)c2c1. The van der Waals surface area contributed by atoms with Crippen LogP contribution in [0.15, 0.2) is 12.1 Å². The molecule has 4 rings (SSSR count). The van der Waals surface area contributed by atoms with Crippen LogP contribution < -0.4 is 15.0 Å². The van der Waals surface area contributed by atoms with E-state index in [4.69, 9.17) is 9.72 Å². The molecule has 3 aromatic rings. The summed E-state index contributed by atoms with van der Waals surface area (Å²) in [5.41, 5.74) is 5.24. The van der Waals surface area contributed by atoms with Gasteiger partial charge in [0.1, 0.15) is 5.75 Å². The first-order valence-electron chi connectivity index (χ1n) is 8.08. The van der Waals surface area contributed by atoms with Crippen LogP contribution in [-0.4, -0.2) is 48.5 Å². The zero-order chi connectivity index (χ0) is 16.0. The second kappa shape index (κ2) is 5.38. The molecule has 1 aliphatic rings. The molecule has 2 aromatic heterocycles. The summed E-state index contributed by atoms with van der Waals surface area (Å²) in [6.45, 7) is 8.45. The normalized spacial score (nSPS) is 15.5. The summed E-state index contributed by atoms with van der Waals surface area (Å²) in [6, 6.07) is 4.14. The summed E-state index contributed by atoms with van der Waals surface area (Å²) >= 11 is 0. The number of rotatable bonds is 2. The Morgan fingerprint density at radius 3 is 2.74 bits per heavy atom. The fourth-order valence-corrected chi connectivity index (χ4v) is 3.52. The Morgan fingerprint density at radius 1 is 1.22 bits per heavy atom. The molecular weight excluding hydrogens is 290 g/mol. The summed E-state index contributed by atoms with van der Waals surface area (Å²) in [4.78, 5) is 7.26. The summed E-state index contributed by atoms with van der Waals surface area (Å²) in [6.07, 6.45) is 0. The number of quaternary nitrogens is 1. The molecule has 1 saturated heterocycles. The smallest absolute Gasteiger partial charge is 0.183 e. The summed E-state index contributed by atoms with van der Waals surface area (Å²) in [7, 11) is 1.71. The number of benzene rings is 1. The largest absolute Gasteiger partial charge is 0.497 e. The molecule has 23 heavy (non-hydrogen) atoms. The molecule has 3 N–H and O–H groups in total. The molecule has 0 bridgehead atoms. The molecule has 120 valence electrons. The van der Waals surface area contributed by atoms with E-state index in [1.807, 2.05) is 6.07 Å². The van der Waals surface area contributed by atoms with Gasteiger partial charge in [0, 0.05) is 11.1 Å². The highest BCUT2D eigenvalue weighted by Gasteiger charge is 2.22. The van der Waals surface area contributed by atoms with Crippen molar-refractivity contribution in [2.75, 3.05) is 38.2 Å². The van der Waals surface area contributed by atoms with Crippen molar-refractivity contribution in [2.24, 2.45) is 0 Å². The quantitative estimate of drug-likeness (QED) is 0.744. The van der Waals surface area contributed by atoms with Crippen LogP contribution in [0.4, 0.5) is 5.69 Å². The lowest BCUT2D eigenvalue weighted by Crippen LogP contribution is -2.89. The molecule has 0 radical (unpaired) electrons. The molecule has 0 atom stereocenters. The van der Waals surface area contributed by atoms with Crippen molar-refractivity contribution in [1.82, 2.24) is 15.2 Å². The lowest BCUT2D eigenvalue weighted by molar-refractivity contribution is -0.655. The van der Waals surface area contributed by atoms with Gasteiger partial charge in [-0.3, -0.25) is 5.10 Å². The zero-order valence-corrected chi connectivity index (χ0v) is 13.8. The van der Waals surface area contributed by atoms with Crippen LogP contribution >= 0.6 is 0 Å². The number of pyridine rings is 1. The number of nitrogens with one attached hydrogen (secondary N) is 1. The van der Waals surface area contributed by atoms with E-state index in [9.17, 15) is 0 Å². The van der Waals surface area contributed by atoms with Gasteiger partial charge in [0.25, 0.3) is 0 Å². The van der Waals surface area contributed by atoms with Crippen LogP contribution in [0, 0.1) is 13.8 Å². The zero-order valence-electron chi connectivity index (χ0n) is 13.8. The lowest BCUT2D eigenvalue weighted by atomic mass is 10.0. The topological polar surface area (TPSA) is 70.7 Å². The number of H-pyrrole nitrogens is 1. The molecule has 1 aromatic carbocycles. The number of aromatic amines is 1.